The van der Waals surface area contributed by atoms with Crippen LogP contribution in [0.2, 0.25) is 0 Å². The standard InChI is InChI=1S/C11H13N5O3/c12-9(5-16-14-7-13-15-16)6-19-10-3-1-8(2-4-10)11(17)18/h1-4,7,9H,5-6,12H2,(H,17,18)/t9-/m1/s1. The van der Waals surface area contributed by atoms with Gasteiger partial charge < -0.3 is 15.6 Å². The SMILES string of the molecule is N[C@@H](COc1ccc(C(=O)O)cc1)Cn1ncnn1. The highest BCUT2D eigenvalue weighted by Gasteiger charge is 2.07. The molecule has 0 spiro atoms. The minimum Gasteiger partial charge on any atom is -0.492 e. The summed E-state index contributed by atoms with van der Waals surface area (Å²) in [4.78, 5) is 12.0. The fraction of sp³-hybridized carbons (Fsp3) is 0.273. The van der Waals surface area contributed by atoms with Gasteiger partial charge in [-0.05, 0) is 29.5 Å². The van der Waals surface area contributed by atoms with Crippen LogP contribution in [0.25, 0.3) is 0 Å². The summed E-state index contributed by atoms with van der Waals surface area (Å²) in [6.45, 7) is 0.668. The van der Waals surface area contributed by atoms with E-state index < -0.39 is 5.97 Å². The molecule has 0 amide bonds. The van der Waals surface area contributed by atoms with Crippen molar-refractivity contribution in [2.75, 3.05) is 6.61 Å². The van der Waals surface area contributed by atoms with Crippen molar-refractivity contribution < 1.29 is 14.6 Å². The quantitative estimate of drug-likeness (QED) is 0.739. The number of carbonyl (C=O) groups is 1. The van der Waals surface area contributed by atoms with E-state index in [4.69, 9.17) is 15.6 Å². The van der Waals surface area contributed by atoms with Crippen LogP contribution in [0.3, 0.4) is 0 Å². The van der Waals surface area contributed by atoms with Crippen molar-refractivity contribution >= 4 is 5.97 Å². The molecule has 2 aromatic rings. The summed E-state index contributed by atoms with van der Waals surface area (Å²) in [5, 5.41) is 19.9. The number of nitrogens with two attached hydrogens (primary N) is 1. The van der Waals surface area contributed by atoms with Crippen LogP contribution in [-0.4, -0.2) is 43.9 Å². The van der Waals surface area contributed by atoms with E-state index >= 15 is 0 Å². The van der Waals surface area contributed by atoms with Crippen LogP contribution >= 0.6 is 0 Å². The summed E-state index contributed by atoms with van der Waals surface area (Å²) in [6, 6.07) is 5.84. The topological polar surface area (TPSA) is 116 Å². The number of hydrogen-bond donors (Lipinski definition) is 2. The number of hydrogen-bond acceptors (Lipinski definition) is 6. The Bertz CT molecular complexity index is 526. The molecule has 0 fully saturated rings. The first-order valence-corrected chi connectivity index (χ1v) is 5.57. The number of aromatic nitrogens is 4. The van der Waals surface area contributed by atoms with Crippen LogP contribution < -0.4 is 10.5 Å². The maximum Gasteiger partial charge on any atom is 0.335 e. The third kappa shape index (κ3) is 3.75. The van der Waals surface area contributed by atoms with Crippen molar-refractivity contribution in [1.29, 1.82) is 0 Å². The molecule has 8 nitrogen and oxygen atoms in total. The van der Waals surface area contributed by atoms with Gasteiger partial charge in [0.15, 0.2) is 6.33 Å². The van der Waals surface area contributed by atoms with Gasteiger partial charge in [-0.15, -0.1) is 10.2 Å². The largest absolute Gasteiger partial charge is 0.492 e. The fourth-order valence-corrected chi connectivity index (χ4v) is 1.43. The second-order valence-electron chi connectivity index (χ2n) is 3.89. The van der Waals surface area contributed by atoms with Crippen LogP contribution in [0.15, 0.2) is 30.6 Å². The molecule has 2 rings (SSSR count). The molecule has 100 valence electrons. The Hall–Kier alpha value is -2.48. The maximum atomic E-state index is 10.7. The summed E-state index contributed by atoms with van der Waals surface area (Å²) in [7, 11) is 0. The predicted molar refractivity (Wildman–Crippen MR) is 64.7 cm³/mol. The average Bonchev–Trinajstić information content (AvgIpc) is 2.89. The highest BCUT2D eigenvalue weighted by Crippen LogP contribution is 2.12. The lowest BCUT2D eigenvalue weighted by Gasteiger charge is -2.12. The van der Waals surface area contributed by atoms with Crippen LogP contribution in [0.1, 0.15) is 10.4 Å². The van der Waals surface area contributed by atoms with E-state index in [9.17, 15) is 4.79 Å². The van der Waals surface area contributed by atoms with E-state index in [1.165, 1.54) is 23.3 Å². The Kier molecular flexibility index (Phi) is 4.04. The van der Waals surface area contributed by atoms with Crippen molar-refractivity contribution in [1.82, 2.24) is 20.2 Å². The number of benzene rings is 1. The number of carboxylic acids is 1. The lowest BCUT2D eigenvalue weighted by molar-refractivity contribution is 0.0697. The molecule has 0 radical (unpaired) electrons. The molecule has 0 aliphatic rings. The Labute approximate surface area is 108 Å². The molecule has 0 unspecified atom stereocenters. The molecular formula is C11H13N5O3. The van der Waals surface area contributed by atoms with E-state index in [1.807, 2.05) is 0 Å². The number of nitrogens with zero attached hydrogens (tertiary/aromatic N) is 4. The normalized spacial score (nSPS) is 12.1. The lowest BCUT2D eigenvalue weighted by Crippen LogP contribution is -2.33. The number of carboxylic acid groups (broad SMARTS) is 1. The summed E-state index contributed by atoms with van der Waals surface area (Å²) >= 11 is 0. The van der Waals surface area contributed by atoms with E-state index in [2.05, 4.69) is 15.4 Å². The molecule has 8 heteroatoms. The van der Waals surface area contributed by atoms with Gasteiger partial charge in [0.25, 0.3) is 0 Å². The van der Waals surface area contributed by atoms with E-state index in [0.29, 0.717) is 12.3 Å². The molecule has 0 aliphatic heterocycles. The Balaban J connectivity index is 1.83. The summed E-state index contributed by atoms with van der Waals surface area (Å²) < 4.78 is 5.44. The third-order valence-corrected chi connectivity index (χ3v) is 2.35. The van der Waals surface area contributed by atoms with Gasteiger partial charge in [0.1, 0.15) is 12.4 Å². The molecule has 0 aliphatic carbocycles. The minimum absolute atomic E-state index is 0.212. The minimum atomic E-state index is -0.972. The first-order valence-electron chi connectivity index (χ1n) is 5.57. The average molecular weight is 263 g/mol. The van der Waals surface area contributed by atoms with Crippen molar-refractivity contribution in [2.24, 2.45) is 5.73 Å². The molecule has 0 saturated carbocycles. The molecular weight excluding hydrogens is 250 g/mol. The second kappa shape index (κ2) is 5.91. The fourth-order valence-electron chi connectivity index (χ4n) is 1.43. The van der Waals surface area contributed by atoms with Crippen LogP contribution in [-0.2, 0) is 6.54 Å². The van der Waals surface area contributed by atoms with Gasteiger partial charge in [-0.2, -0.15) is 4.80 Å². The molecule has 19 heavy (non-hydrogen) atoms. The number of tetrazole rings is 1. The third-order valence-electron chi connectivity index (χ3n) is 2.35. The van der Waals surface area contributed by atoms with Gasteiger partial charge in [-0.3, -0.25) is 0 Å². The zero-order valence-corrected chi connectivity index (χ0v) is 10.0. The molecule has 1 aromatic heterocycles. The Morgan fingerprint density at radius 2 is 2.16 bits per heavy atom. The van der Waals surface area contributed by atoms with Gasteiger partial charge >= 0.3 is 5.97 Å². The summed E-state index contributed by atoms with van der Waals surface area (Å²) in [6.07, 6.45) is 1.33. The molecule has 1 aromatic carbocycles. The van der Waals surface area contributed by atoms with E-state index in [0.717, 1.165) is 0 Å². The first-order chi connectivity index (χ1) is 9.15. The lowest BCUT2D eigenvalue weighted by atomic mass is 10.2. The van der Waals surface area contributed by atoms with E-state index in [1.54, 1.807) is 12.1 Å². The van der Waals surface area contributed by atoms with Crippen LogP contribution in [0.4, 0.5) is 0 Å². The Morgan fingerprint density at radius 3 is 2.74 bits per heavy atom. The Morgan fingerprint density at radius 1 is 1.42 bits per heavy atom. The van der Waals surface area contributed by atoms with Gasteiger partial charge in [0, 0.05) is 0 Å². The highest BCUT2D eigenvalue weighted by molar-refractivity contribution is 5.87. The second-order valence-corrected chi connectivity index (χ2v) is 3.89. The zero-order chi connectivity index (χ0) is 13.7. The number of rotatable bonds is 6. The maximum absolute atomic E-state index is 10.7. The number of ether oxygens (including phenoxy) is 1. The van der Waals surface area contributed by atoms with Crippen molar-refractivity contribution in [3.8, 4) is 5.75 Å². The highest BCUT2D eigenvalue weighted by atomic mass is 16.5. The van der Waals surface area contributed by atoms with Gasteiger partial charge in [0.05, 0.1) is 18.2 Å². The zero-order valence-electron chi connectivity index (χ0n) is 10.0. The predicted octanol–water partition coefficient (Wildman–Crippen LogP) is -0.222. The van der Waals surface area contributed by atoms with Gasteiger partial charge in [0.2, 0.25) is 0 Å². The van der Waals surface area contributed by atoms with Gasteiger partial charge in [-0.25, -0.2) is 4.79 Å². The van der Waals surface area contributed by atoms with Crippen LogP contribution in [0, 0.1) is 0 Å². The molecule has 1 atom stereocenters. The van der Waals surface area contributed by atoms with E-state index in [-0.39, 0.29) is 18.2 Å². The van der Waals surface area contributed by atoms with Gasteiger partial charge in [-0.1, -0.05) is 0 Å². The molecule has 3 N–H and O–H groups in total. The van der Waals surface area contributed by atoms with Crippen molar-refractivity contribution in [3.05, 3.63) is 36.2 Å². The molecule has 0 saturated heterocycles. The summed E-state index contributed by atoms with van der Waals surface area (Å²) in [5.41, 5.74) is 6.05. The first kappa shape index (κ1) is 13.0. The number of aromatic carboxylic acids is 1. The molecule has 0 bridgehead atoms. The van der Waals surface area contributed by atoms with Crippen molar-refractivity contribution in [2.45, 2.75) is 12.6 Å². The summed E-state index contributed by atoms with van der Waals surface area (Å²) in [5.74, 6) is -0.410. The molecule has 1 heterocycles. The van der Waals surface area contributed by atoms with Crippen molar-refractivity contribution in [3.63, 3.8) is 0 Å². The smallest absolute Gasteiger partial charge is 0.335 e. The van der Waals surface area contributed by atoms with Crippen LogP contribution in [0.5, 0.6) is 5.75 Å². The monoisotopic (exact) mass is 263 g/mol.